The summed E-state index contributed by atoms with van der Waals surface area (Å²) < 4.78 is 5.52. The van der Waals surface area contributed by atoms with Gasteiger partial charge in [-0.15, -0.1) is 11.3 Å². The number of amides is 1. The molecule has 2 rings (SSSR count). The van der Waals surface area contributed by atoms with E-state index in [1.54, 1.807) is 11.3 Å². The molecule has 0 aromatic carbocycles. The number of hydrogen-bond donors (Lipinski definition) is 1. The maximum Gasteiger partial charge on any atom is 0.410 e. The van der Waals surface area contributed by atoms with Crippen molar-refractivity contribution in [3.8, 4) is 0 Å². The second kappa shape index (κ2) is 7.62. The van der Waals surface area contributed by atoms with Crippen LogP contribution in [0.3, 0.4) is 0 Å². The number of aryl methyl sites for hydroxylation is 1. The first-order valence-corrected chi connectivity index (χ1v) is 9.28. The Morgan fingerprint density at radius 3 is 2.83 bits per heavy atom. The molecule has 2 heterocycles. The molecule has 0 saturated carbocycles. The SMILES string of the molecule is Cc1nc(C(C)NC2CCCCN(C(=O)OC(C)(C)C)C2)cs1. The molecule has 1 amide bonds. The molecule has 130 valence electrons. The van der Waals surface area contributed by atoms with Crippen LogP contribution in [-0.2, 0) is 4.74 Å². The third-order valence-corrected chi connectivity index (χ3v) is 4.68. The van der Waals surface area contributed by atoms with Crippen LogP contribution in [0.2, 0.25) is 0 Å². The van der Waals surface area contributed by atoms with Gasteiger partial charge in [0.2, 0.25) is 0 Å². The number of likely N-dealkylation sites (tertiary alicyclic amines) is 1. The molecule has 6 heteroatoms. The smallest absolute Gasteiger partial charge is 0.410 e. The van der Waals surface area contributed by atoms with Gasteiger partial charge in [-0.2, -0.15) is 0 Å². The first kappa shape index (κ1) is 18.2. The lowest BCUT2D eigenvalue weighted by atomic mass is 10.1. The Bertz CT molecular complexity index is 524. The number of carbonyl (C=O) groups excluding carboxylic acids is 1. The molecule has 23 heavy (non-hydrogen) atoms. The van der Waals surface area contributed by atoms with Crippen LogP contribution in [0, 0.1) is 6.92 Å². The average molecular weight is 340 g/mol. The van der Waals surface area contributed by atoms with Crippen LogP contribution in [-0.4, -0.2) is 40.7 Å². The highest BCUT2D eigenvalue weighted by Crippen LogP contribution is 2.20. The molecule has 1 N–H and O–H groups in total. The molecule has 0 bridgehead atoms. The number of hydrogen-bond acceptors (Lipinski definition) is 5. The normalized spacial score (nSPS) is 20.9. The summed E-state index contributed by atoms with van der Waals surface area (Å²) in [5.41, 5.74) is 0.637. The number of carbonyl (C=O) groups is 1. The summed E-state index contributed by atoms with van der Waals surface area (Å²) in [6, 6.07) is 0.477. The molecule has 1 aromatic heterocycles. The molecule has 0 aliphatic carbocycles. The van der Waals surface area contributed by atoms with Crippen molar-refractivity contribution in [3.05, 3.63) is 16.1 Å². The van der Waals surface area contributed by atoms with Crippen molar-refractivity contribution in [2.24, 2.45) is 0 Å². The Morgan fingerprint density at radius 1 is 1.48 bits per heavy atom. The van der Waals surface area contributed by atoms with E-state index in [1.807, 2.05) is 32.6 Å². The fourth-order valence-electron chi connectivity index (χ4n) is 2.79. The summed E-state index contributed by atoms with van der Waals surface area (Å²) in [6.45, 7) is 11.4. The number of aromatic nitrogens is 1. The van der Waals surface area contributed by atoms with Gasteiger partial charge in [-0.25, -0.2) is 9.78 Å². The van der Waals surface area contributed by atoms with Crippen LogP contribution in [0.1, 0.15) is 63.7 Å². The van der Waals surface area contributed by atoms with E-state index in [2.05, 4.69) is 22.6 Å². The highest BCUT2D eigenvalue weighted by atomic mass is 32.1. The van der Waals surface area contributed by atoms with E-state index in [9.17, 15) is 4.79 Å². The van der Waals surface area contributed by atoms with Gasteiger partial charge in [0.15, 0.2) is 0 Å². The number of thiazole rings is 1. The summed E-state index contributed by atoms with van der Waals surface area (Å²) in [5.74, 6) is 0. The maximum absolute atomic E-state index is 12.3. The average Bonchev–Trinajstić information content (AvgIpc) is 2.73. The zero-order chi connectivity index (χ0) is 17.0. The summed E-state index contributed by atoms with van der Waals surface area (Å²) in [4.78, 5) is 18.7. The zero-order valence-corrected chi connectivity index (χ0v) is 15.7. The van der Waals surface area contributed by atoms with Gasteiger partial charge in [0.05, 0.1) is 10.7 Å². The van der Waals surface area contributed by atoms with Crippen molar-refractivity contribution in [1.29, 1.82) is 0 Å². The quantitative estimate of drug-likeness (QED) is 0.907. The first-order valence-electron chi connectivity index (χ1n) is 8.40. The minimum absolute atomic E-state index is 0.198. The van der Waals surface area contributed by atoms with Gasteiger partial charge >= 0.3 is 6.09 Å². The van der Waals surface area contributed by atoms with Crippen LogP contribution < -0.4 is 5.32 Å². The summed E-state index contributed by atoms with van der Waals surface area (Å²) in [5, 5.41) is 6.83. The third kappa shape index (κ3) is 5.77. The van der Waals surface area contributed by atoms with E-state index in [-0.39, 0.29) is 18.2 Å². The van der Waals surface area contributed by atoms with E-state index in [0.29, 0.717) is 6.54 Å². The topological polar surface area (TPSA) is 54.5 Å². The van der Waals surface area contributed by atoms with Gasteiger partial charge in [0.1, 0.15) is 5.60 Å². The number of nitrogens with zero attached hydrogens (tertiary/aromatic N) is 2. The fourth-order valence-corrected chi connectivity index (χ4v) is 3.49. The van der Waals surface area contributed by atoms with Gasteiger partial charge < -0.3 is 15.0 Å². The van der Waals surface area contributed by atoms with Crippen molar-refractivity contribution in [2.45, 2.75) is 71.6 Å². The molecule has 1 aliphatic rings. The van der Waals surface area contributed by atoms with Crippen LogP contribution in [0.5, 0.6) is 0 Å². The summed E-state index contributed by atoms with van der Waals surface area (Å²) >= 11 is 1.68. The Balaban J connectivity index is 1.95. The van der Waals surface area contributed by atoms with E-state index >= 15 is 0 Å². The summed E-state index contributed by atoms with van der Waals surface area (Å²) in [6.07, 6.45) is 3.03. The second-order valence-corrected chi connectivity index (χ2v) is 8.36. The molecule has 2 unspecified atom stereocenters. The molecule has 0 radical (unpaired) electrons. The van der Waals surface area contributed by atoms with Crippen molar-refractivity contribution in [1.82, 2.24) is 15.2 Å². The molecule has 1 aliphatic heterocycles. The van der Waals surface area contributed by atoms with E-state index in [4.69, 9.17) is 4.74 Å². The lowest BCUT2D eigenvalue weighted by molar-refractivity contribution is 0.0242. The Labute approximate surface area is 143 Å². The number of ether oxygens (including phenoxy) is 1. The van der Waals surface area contributed by atoms with Crippen molar-refractivity contribution < 1.29 is 9.53 Å². The Kier molecular flexibility index (Phi) is 6.03. The number of rotatable bonds is 3. The molecule has 2 atom stereocenters. The summed E-state index contributed by atoms with van der Waals surface area (Å²) in [7, 11) is 0. The Hall–Kier alpha value is -1.14. The van der Waals surface area contributed by atoms with Crippen LogP contribution in [0.25, 0.3) is 0 Å². The van der Waals surface area contributed by atoms with Gasteiger partial charge in [0.25, 0.3) is 0 Å². The minimum Gasteiger partial charge on any atom is -0.444 e. The van der Waals surface area contributed by atoms with Crippen molar-refractivity contribution in [3.63, 3.8) is 0 Å². The van der Waals surface area contributed by atoms with E-state index < -0.39 is 5.60 Å². The van der Waals surface area contributed by atoms with Crippen LogP contribution in [0.15, 0.2) is 5.38 Å². The molecule has 1 saturated heterocycles. The lowest BCUT2D eigenvalue weighted by Gasteiger charge is -2.29. The third-order valence-electron chi connectivity index (χ3n) is 3.89. The number of nitrogens with one attached hydrogen (secondary N) is 1. The predicted molar refractivity (Wildman–Crippen MR) is 93.8 cm³/mol. The molecular formula is C17H29N3O2S. The second-order valence-electron chi connectivity index (χ2n) is 7.30. The minimum atomic E-state index is -0.447. The van der Waals surface area contributed by atoms with Crippen molar-refractivity contribution >= 4 is 17.4 Å². The first-order chi connectivity index (χ1) is 10.7. The fraction of sp³-hybridized carbons (Fsp3) is 0.765. The largest absolute Gasteiger partial charge is 0.444 e. The highest BCUT2D eigenvalue weighted by Gasteiger charge is 2.27. The molecule has 5 nitrogen and oxygen atoms in total. The lowest BCUT2D eigenvalue weighted by Crippen LogP contribution is -2.45. The molecular weight excluding hydrogens is 310 g/mol. The predicted octanol–water partition coefficient (Wildman–Crippen LogP) is 3.89. The van der Waals surface area contributed by atoms with Crippen LogP contribution >= 0.6 is 11.3 Å². The van der Waals surface area contributed by atoms with Gasteiger partial charge in [0, 0.05) is 30.6 Å². The highest BCUT2D eigenvalue weighted by molar-refractivity contribution is 7.09. The monoisotopic (exact) mass is 339 g/mol. The van der Waals surface area contributed by atoms with Crippen LogP contribution in [0.4, 0.5) is 4.79 Å². The van der Waals surface area contributed by atoms with Gasteiger partial charge in [-0.3, -0.25) is 0 Å². The van der Waals surface area contributed by atoms with E-state index in [0.717, 1.165) is 36.5 Å². The van der Waals surface area contributed by atoms with E-state index in [1.165, 1.54) is 0 Å². The zero-order valence-electron chi connectivity index (χ0n) is 14.9. The molecule has 1 aromatic rings. The Morgan fingerprint density at radius 2 is 2.22 bits per heavy atom. The van der Waals surface area contributed by atoms with Gasteiger partial charge in [-0.1, -0.05) is 6.42 Å². The van der Waals surface area contributed by atoms with Crippen molar-refractivity contribution in [2.75, 3.05) is 13.1 Å². The maximum atomic E-state index is 12.3. The molecule has 1 fully saturated rings. The standard InChI is InChI=1S/C17H29N3O2S/c1-12(15-11-23-13(2)19-15)18-14-8-6-7-9-20(10-14)16(21)22-17(3,4)5/h11-12,14,18H,6-10H2,1-5H3. The van der Waals surface area contributed by atoms with Gasteiger partial charge in [-0.05, 0) is 47.5 Å². The molecule has 0 spiro atoms.